The number of sulfone groups is 1. The molecule has 0 amide bonds. The van der Waals surface area contributed by atoms with Gasteiger partial charge in [-0.15, -0.1) is 0 Å². The molecule has 0 saturated carbocycles. The highest BCUT2D eigenvalue weighted by molar-refractivity contribution is 7.91. The lowest BCUT2D eigenvalue weighted by Gasteiger charge is -1.99. The third-order valence-electron chi connectivity index (χ3n) is 1.73. The summed E-state index contributed by atoms with van der Waals surface area (Å²) in [6.07, 6.45) is 4.35. The minimum atomic E-state index is -2.89. The molecule has 0 spiro atoms. The Bertz CT molecular complexity index is 313. The van der Waals surface area contributed by atoms with Gasteiger partial charge in [0.25, 0.3) is 0 Å². The van der Waals surface area contributed by atoms with Crippen molar-refractivity contribution >= 4 is 9.84 Å². The zero-order valence-electron chi connectivity index (χ0n) is 9.50. The van der Waals surface area contributed by atoms with Crippen molar-refractivity contribution in [2.24, 2.45) is 0 Å². The molecule has 0 aliphatic heterocycles. The molecule has 0 rings (SSSR count). The van der Waals surface area contributed by atoms with Gasteiger partial charge in [0.1, 0.15) is 0 Å². The lowest BCUT2D eigenvalue weighted by Crippen LogP contribution is -2.09. The van der Waals surface area contributed by atoms with Crippen molar-refractivity contribution in [1.29, 1.82) is 0 Å². The van der Waals surface area contributed by atoms with E-state index >= 15 is 0 Å². The fourth-order valence-corrected chi connectivity index (χ4v) is 2.14. The van der Waals surface area contributed by atoms with Crippen LogP contribution in [0.2, 0.25) is 0 Å². The van der Waals surface area contributed by atoms with Gasteiger partial charge >= 0.3 is 0 Å². The molecule has 0 aliphatic rings. The summed E-state index contributed by atoms with van der Waals surface area (Å²) < 4.78 is 22.9. The quantitative estimate of drug-likeness (QED) is 0.662. The van der Waals surface area contributed by atoms with E-state index in [9.17, 15) is 8.42 Å². The molecule has 82 valence electrons. The average Bonchev–Trinajstić information content (AvgIpc) is 2.00. The molecule has 0 radical (unpaired) electrons. The zero-order chi connectivity index (χ0) is 11.2. The molecule has 2 nitrogen and oxygen atoms in total. The topological polar surface area (TPSA) is 34.1 Å². The highest BCUT2D eigenvalue weighted by Gasteiger charge is 2.06. The van der Waals surface area contributed by atoms with Crippen LogP contribution in [-0.4, -0.2) is 19.9 Å². The van der Waals surface area contributed by atoms with E-state index in [-0.39, 0.29) is 11.5 Å². The first-order valence-corrected chi connectivity index (χ1v) is 6.63. The second-order valence-corrected chi connectivity index (χ2v) is 6.19. The van der Waals surface area contributed by atoms with E-state index in [0.29, 0.717) is 6.42 Å². The van der Waals surface area contributed by atoms with Gasteiger partial charge in [-0.3, -0.25) is 0 Å². The van der Waals surface area contributed by atoms with Crippen LogP contribution in [0, 0.1) is 0 Å². The van der Waals surface area contributed by atoms with Crippen LogP contribution in [0.3, 0.4) is 0 Å². The molecule has 0 aromatic rings. The molecule has 14 heavy (non-hydrogen) atoms. The third-order valence-corrected chi connectivity index (χ3v) is 3.26. The Morgan fingerprint density at radius 3 is 1.93 bits per heavy atom. The van der Waals surface area contributed by atoms with E-state index in [0.717, 1.165) is 5.57 Å². The molecular weight excluding hydrogens is 196 g/mol. The van der Waals surface area contributed by atoms with Gasteiger partial charge in [0.2, 0.25) is 0 Å². The monoisotopic (exact) mass is 216 g/mol. The predicted molar refractivity (Wildman–Crippen MR) is 62.1 cm³/mol. The Labute approximate surface area is 87.6 Å². The van der Waals surface area contributed by atoms with Gasteiger partial charge < -0.3 is 0 Å². The molecule has 0 saturated heterocycles. The predicted octanol–water partition coefficient (Wildman–Crippen LogP) is 2.72. The van der Waals surface area contributed by atoms with Crippen LogP contribution in [0.25, 0.3) is 0 Å². The molecular formula is C11H20O2S. The van der Waals surface area contributed by atoms with Crippen LogP contribution in [0.5, 0.6) is 0 Å². The van der Waals surface area contributed by atoms with E-state index in [1.165, 1.54) is 5.57 Å². The Kier molecular flexibility index (Phi) is 5.77. The maximum Gasteiger partial charge on any atom is 0.154 e. The first-order chi connectivity index (χ1) is 6.33. The van der Waals surface area contributed by atoms with Crippen LogP contribution in [0.1, 0.15) is 34.1 Å². The van der Waals surface area contributed by atoms with Gasteiger partial charge in [0.15, 0.2) is 9.84 Å². The van der Waals surface area contributed by atoms with Crippen LogP contribution in [0.4, 0.5) is 0 Å². The molecule has 0 aliphatic carbocycles. The number of rotatable bonds is 5. The van der Waals surface area contributed by atoms with Crippen LogP contribution >= 0.6 is 0 Å². The van der Waals surface area contributed by atoms with Crippen LogP contribution in [-0.2, 0) is 9.84 Å². The molecule has 0 heterocycles. The lowest BCUT2D eigenvalue weighted by atomic mass is 10.3. The Morgan fingerprint density at radius 2 is 1.50 bits per heavy atom. The second kappa shape index (κ2) is 6.02. The van der Waals surface area contributed by atoms with Crippen molar-refractivity contribution in [3.63, 3.8) is 0 Å². The van der Waals surface area contributed by atoms with Crippen molar-refractivity contribution in [2.45, 2.75) is 34.1 Å². The minimum absolute atomic E-state index is 0.173. The van der Waals surface area contributed by atoms with Gasteiger partial charge in [-0.05, 0) is 34.1 Å². The smallest absolute Gasteiger partial charge is 0.154 e. The first-order valence-electron chi connectivity index (χ1n) is 4.80. The number of allylic oxidation sites excluding steroid dienone is 3. The Hall–Kier alpha value is -0.570. The van der Waals surface area contributed by atoms with Crippen molar-refractivity contribution in [3.8, 4) is 0 Å². The number of hydrogen-bond acceptors (Lipinski definition) is 2. The molecule has 3 heteroatoms. The van der Waals surface area contributed by atoms with Crippen LogP contribution < -0.4 is 0 Å². The van der Waals surface area contributed by atoms with Gasteiger partial charge in [-0.25, -0.2) is 8.42 Å². The van der Waals surface area contributed by atoms with E-state index < -0.39 is 9.84 Å². The maximum absolute atomic E-state index is 11.4. The summed E-state index contributed by atoms with van der Waals surface area (Å²) in [6.45, 7) is 7.77. The van der Waals surface area contributed by atoms with Crippen LogP contribution in [0.15, 0.2) is 23.3 Å². The third kappa shape index (κ3) is 8.05. The van der Waals surface area contributed by atoms with Crippen molar-refractivity contribution in [1.82, 2.24) is 0 Å². The fraction of sp³-hybridized carbons (Fsp3) is 0.636. The molecule has 0 bridgehead atoms. The van der Waals surface area contributed by atoms with Crippen molar-refractivity contribution < 1.29 is 8.42 Å². The Morgan fingerprint density at radius 1 is 1.00 bits per heavy atom. The lowest BCUT2D eigenvalue weighted by molar-refractivity contribution is 0.598. The summed E-state index contributed by atoms with van der Waals surface area (Å²) in [5.74, 6) is 0.424. The molecule has 0 aromatic heterocycles. The fourth-order valence-electron chi connectivity index (χ4n) is 0.904. The normalized spacial score (nSPS) is 10.9. The van der Waals surface area contributed by atoms with E-state index in [2.05, 4.69) is 0 Å². The number of hydrogen-bond donors (Lipinski definition) is 0. The highest BCUT2D eigenvalue weighted by Crippen LogP contribution is 2.00. The summed E-state index contributed by atoms with van der Waals surface area (Å²) in [4.78, 5) is 0. The molecule has 0 fully saturated rings. The average molecular weight is 216 g/mol. The Balaban J connectivity index is 4.10. The largest absolute Gasteiger partial charge is 0.229 e. The van der Waals surface area contributed by atoms with E-state index in [1.54, 1.807) is 6.08 Å². The molecule has 0 N–H and O–H groups in total. The minimum Gasteiger partial charge on any atom is -0.229 e. The van der Waals surface area contributed by atoms with Gasteiger partial charge in [0.05, 0.1) is 11.5 Å². The summed E-state index contributed by atoms with van der Waals surface area (Å²) >= 11 is 0. The van der Waals surface area contributed by atoms with E-state index in [1.807, 2.05) is 33.8 Å². The maximum atomic E-state index is 11.4. The van der Waals surface area contributed by atoms with Gasteiger partial charge in [0, 0.05) is 0 Å². The van der Waals surface area contributed by atoms with E-state index in [4.69, 9.17) is 0 Å². The van der Waals surface area contributed by atoms with Crippen molar-refractivity contribution in [2.75, 3.05) is 11.5 Å². The van der Waals surface area contributed by atoms with Gasteiger partial charge in [-0.2, -0.15) is 0 Å². The van der Waals surface area contributed by atoms with Gasteiger partial charge in [-0.1, -0.05) is 23.3 Å². The zero-order valence-corrected chi connectivity index (χ0v) is 10.3. The second-order valence-electron chi connectivity index (χ2n) is 3.97. The molecule has 0 atom stereocenters. The first kappa shape index (κ1) is 13.4. The summed E-state index contributed by atoms with van der Waals surface area (Å²) in [7, 11) is -2.89. The molecule has 0 unspecified atom stereocenters. The summed E-state index contributed by atoms with van der Waals surface area (Å²) in [6, 6.07) is 0. The summed E-state index contributed by atoms with van der Waals surface area (Å²) in [5.41, 5.74) is 2.22. The standard InChI is InChI=1S/C11H20O2S/c1-10(2)6-5-8-14(12,13)9-7-11(3)4/h6-7H,5,8-9H2,1-4H3. The summed E-state index contributed by atoms with van der Waals surface area (Å²) in [5, 5.41) is 0. The highest BCUT2D eigenvalue weighted by atomic mass is 32.2. The molecule has 0 aromatic carbocycles. The SMILES string of the molecule is CC(C)=CCCS(=O)(=O)CC=C(C)C. The van der Waals surface area contributed by atoms with Crippen molar-refractivity contribution in [3.05, 3.63) is 23.3 Å².